The second kappa shape index (κ2) is 6.22. The Morgan fingerprint density at radius 3 is 2.36 bits per heavy atom. The summed E-state index contributed by atoms with van der Waals surface area (Å²) in [4.78, 5) is 20.4. The van der Waals surface area contributed by atoms with Gasteiger partial charge in [-0.25, -0.2) is 9.68 Å². The molecule has 84 valence electrons. The van der Waals surface area contributed by atoms with Crippen molar-refractivity contribution in [3.8, 4) is 0 Å². The van der Waals surface area contributed by atoms with E-state index >= 15 is 0 Å². The van der Waals surface area contributed by atoms with Gasteiger partial charge in [-0.1, -0.05) is 13.3 Å². The first kappa shape index (κ1) is 13.7. The van der Waals surface area contributed by atoms with Crippen LogP contribution in [0, 0.1) is 0 Å². The summed E-state index contributed by atoms with van der Waals surface area (Å²) in [5.41, 5.74) is -1.33. The first-order valence-electron chi connectivity index (χ1n) is 4.55. The summed E-state index contributed by atoms with van der Waals surface area (Å²) in [7, 11) is 0. The van der Waals surface area contributed by atoms with E-state index in [1.165, 1.54) is 0 Å². The zero-order valence-electron chi connectivity index (χ0n) is 9.00. The average molecular weight is 225 g/mol. The van der Waals surface area contributed by atoms with Gasteiger partial charge in [-0.3, -0.25) is 0 Å². The van der Waals surface area contributed by atoms with Gasteiger partial charge >= 0.3 is 5.43 Å². The molecule has 0 saturated heterocycles. The lowest BCUT2D eigenvalue weighted by atomic mass is 10.2. The van der Waals surface area contributed by atoms with Crippen LogP contribution in [0.15, 0.2) is 0 Å². The van der Waals surface area contributed by atoms with E-state index in [2.05, 4.69) is 4.74 Å². The third-order valence-corrected chi connectivity index (χ3v) is 1.24. The largest absolute Gasteiger partial charge is 0.421 e. The summed E-state index contributed by atoms with van der Waals surface area (Å²) in [6.07, 6.45) is 0.626. The third-order valence-electron chi connectivity index (χ3n) is 1.15. The van der Waals surface area contributed by atoms with E-state index in [1.54, 1.807) is 0 Å². The Balaban J connectivity index is 3.90. The van der Waals surface area contributed by atoms with E-state index in [0.717, 1.165) is 6.42 Å². The van der Waals surface area contributed by atoms with Crippen molar-refractivity contribution in [1.82, 2.24) is 0 Å². The zero-order chi connectivity index (χ0) is 11.2. The Kier molecular flexibility index (Phi) is 6.08. The molecule has 1 unspecified atom stereocenters. The monoisotopic (exact) mass is 224 g/mol. The molecule has 0 fully saturated rings. The highest BCUT2D eigenvalue weighted by Gasteiger charge is 2.18. The fraction of sp³-hybridized carbons (Fsp3) is 0.889. The topological polar surface area (TPSA) is 44.8 Å². The molecule has 14 heavy (non-hydrogen) atoms. The van der Waals surface area contributed by atoms with Crippen LogP contribution in [0.4, 0.5) is 4.79 Å². The van der Waals surface area contributed by atoms with Crippen molar-refractivity contribution in [2.45, 2.75) is 52.4 Å². The molecule has 0 aromatic heterocycles. The summed E-state index contributed by atoms with van der Waals surface area (Å²) in [5, 5.41) is 0. The number of hydrogen-bond acceptors (Lipinski definition) is 4. The minimum absolute atomic E-state index is 0.440. The summed E-state index contributed by atoms with van der Waals surface area (Å²) in [6, 6.07) is 0. The minimum atomic E-state index is -0.888. The predicted molar refractivity (Wildman–Crippen MR) is 53.0 cm³/mol. The number of ether oxygens (including phenoxy) is 1. The first-order valence-corrected chi connectivity index (χ1v) is 4.93. The maximum absolute atomic E-state index is 10.5. The molecule has 4 nitrogen and oxygen atoms in total. The van der Waals surface area contributed by atoms with E-state index in [9.17, 15) is 4.79 Å². The van der Waals surface area contributed by atoms with Gasteiger partial charge in [-0.2, -0.15) is 4.89 Å². The molecule has 0 rings (SSSR count). The van der Waals surface area contributed by atoms with Gasteiger partial charge in [0.05, 0.1) is 5.60 Å². The lowest BCUT2D eigenvalue weighted by molar-refractivity contribution is -0.407. The molecule has 0 saturated carbocycles. The van der Waals surface area contributed by atoms with Gasteiger partial charge in [0, 0.05) is 18.0 Å². The number of rotatable bonds is 5. The van der Waals surface area contributed by atoms with Gasteiger partial charge in [0.2, 0.25) is 6.29 Å². The van der Waals surface area contributed by atoms with Crippen LogP contribution in [0.3, 0.4) is 0 Å². The molecule has 0 N–H and O–H groups in total. The third kappa shape index (κ3) is 8.29. The van der Waals surface area contributed by atoms with Gasteiger partial charge in [-0.15, -0.1) is 0 Å². The summed E-state index contributed by atoms with van der Waals surface area (Å²) in [6.45, 7) is 7.44. The molecule has 0 radical (unpaired) electrons. The van der Waals surface area contributed by atoms with Crippen LogP contribution in [0.25, 0.3) is 0 Å². The van der Waals surface area contributed by atoms with Crippen LogP contribution in [0.1, 0.15) is 40.5 Å². The van der Waals surface area contributed by atoms with Crippen molar-refractivity contribution in [2.75, 3.05) is 0 Å². The van der Waals surface area contributed by atoms with Gasteiger partial charge in [0.1, 0.15) is 0 Å². The quantitative estimate of drug-likeness (QED) is 0.311. The van der Waals surface area contributed by atoms with Gasteiger partial charge < -0.3 is 4.74 Å². The Morgan fingerprint density at radius 2 is 2.00 bits per heavy atom. The van der Waals surface area contributed by atoms with Crippen LogP contribution >= 0.6 is 11.6 Å². The highest BCUT2D eigenvalue weighted by molar-refractivity contribution is 6.61. The predicted octanol–water partition coefficient (Wildman–Crippen LogP) is 3.23. The lowest BCUT2D eigenvalue weighted by Crippen LogP contribution is -2.26. The molecular formula is C9H17ClO4. The molecule has 0 heterocycles. The molecule has 0 aliphatic carbocycles. The molecule has 1 atom stereocenters. The maximum atomic E-state index is 10.5. The fourth-order valence-electron chi connectivity index (χ4n) is 0.664. The standard InChI is InChI=1S/C9H17ClO4/c1-5-6-7(12-8(10)11)13-14-9(2,3)4/h7H,5-6H2,1-4H3. The van der Waals surface area contributed by atoms with Crippen LogP contribution in [0.5, 0.6) is 0 Å². The normalized spacial score (nSPS) is 13.8. The van der Waals surface area contributed by atoms with Crippen LogP contribution in [-0.2, 0) is 14.5 Å². The second-order valence-corrected chi connectivity index (χ2v) is 4.17. The molecular weight excluding hydrogens is 208 g/mol. The molecule has 0 aliphatic rings. The SMILES string of the molecule is CCCC(OOC(C)(C)C)OC(=O)Cl. The average Bonchev–Trinajstić information content (AvgIpc) is 1.98. The van der Waals surface area contributed by atoms with E-state index < -0.39 is 17.3 Å². The van der Waals surface area contributed by atoms with Crippen molar-refractivity contribution >= 4 is 17.0 Å². The smallest absolute Gasteiger partial charge is 0.406 e. The molecule has 0 amide bonds. The van der Waals surface area contributed by atoms with Gasteiger partial charge in [0.25, 0.3) is 0 Å². The van der Waals surface area contributed by atoms with Crippen molar-refractivity contribution in [3.63, 3.8) is 0 Å². The Hall–Kier alpha value is -0.320. The van der Waals surface area contributed by atoms with Crippen LogP contribution in [0.2, 0.25) is 0 Å². The number of halogens is 1. The second-order valence-electron chi connectivity index (χ2n) is 3.87. The fourth-order valence-corrected chi connectivity index (χ4v) is 0.763. The number of hydrogen-bond donors (Lipinski definition) is 0. The highest BCUT2D eigenvalue weighted by atomic mass is 35.5. The Morgan fingerprint density at radius 1 is 1.43 bits per heavy atom. The summed E-state index contributed by atoms with van der Waals surface area (Å²) in [5.74, 6) is 0. The van der Waals surface area contributed by atoms with Gasteiger partial charge in [0.15, 0.2) is 0 Å². The minimum Gasteiger partial charge on any atom is -0.421 e. The highest BCUT2D eigenvalue weighted by Crippen LogP contribution is 2.13. The van der Waals surface area contributed by atoms with Crippen molar-refractivity contribution < 1.29 is 19.3 Å². The lowest BCUT2D eigenvalue weighted by Gasteiger charge is -2.22. The number of carbonyl (C=O) groups excluding carboxylic acids is 1. The number of carbonyl (C=O) groups is 1. The molecule has 0 aromatic rings. The van der Waals surface area contributed by atoms with E-state index in [4.69, 9.17) is 21.4 Å². The molecule has 0 spiro atoms. The zero-order valence-corrected chi connectivity index (χ0v) is 9.76. The molecule has 0 bridgehead atoms. The van der Waals surface area contributed by atoms with E-state index in [-0.39, 0.29) is 0 Å². The van der Waals surface area contributed by atoms with E-state index in [0.29, 0.717) is 6.42 Å². The van der Waals surface area contributed by atoms with Crippen LogP contribution < -0.4 is 0 Å². The van der Waals surface area contributed by atoms with Crippen molar-refractivity contribution in [2.24, 2.45) is 0 Å². The summed E-state index contributed by atoms with van der Waals surface area (Å²) >= 11 is 5.06. The Labute approximate surface area is 89.4 Å². The molecule has 0 aromatic carbocycles. The van der Waals surface area contributed by atoms with Crippen molar-refractivity contribution in [3.05, 3.63) is 0 Å². The first-order chi connectivity index (χ1) is 6.35. The molecule has 0 aliphatic heterocycles. The van der Waals surface area contributed by atoms with Gasteiger partial charge in [-0.05, 0) is 20.8 Å². The molecule has 5 heteroatoms. The maximum Gasteiger partial charge on any atom is 0.406 e. The van der Waals surface area contributed by atoms with Crippen LogP contribution in [-0.4, -0.2) is 17.3 Å². The Bertz CT molecular complexity index is 176. The summed E-state index contributed by atoms with van der Waals surface area (Å²) < 4.78 is 4.67. The van der Waals surface area contributed by atoms with Crippen molar-refractivity contribution in [1.29, 1.82) is 0 Å². The van der Waals surface area contributed by atoms with E-state index in [1.807, 2.05) is 27.7 Å².